The number of carbonyl (C=O) groups is 2. The number of rotatable bonds is 9. The zero-order valence-electron chi connectivity index (χ0n) is 15.3. The fourth-order valence-corrected chi connectivity index (χ4v) is 3.43. The fraction of sp³-hybridized carbons (Fsp3) is 0.529. The van der Waals surface area contributed by atoms with Gasteiger partial charge in [-0.2, -0.15) is 0 Å². The molecule has 2 rings (SSSR count). The molecule has 9 nitrogen and oxygen atoms in total. The predicted molar refractivity (Wildman–Crippen MR) is 96.1 cm³/mol. The first-order valence-corrected chi connectivity index (χ1v) is 10.2. The standard InChI is InChI=1S/C17H24N2O7S/c1-3-18-17(21)12(2)26-16(20)5-4-8-19-27(22,23)13-6-7-14-15(11-13)25-10-9-24-14/h6-7,11-12,19H,3-5,8-10H2,1-2H3,(H,18,21)/t12-/m1/s1. The van der Waals surface area contributed by atoms with Crippen molar-refractivity contribution in [2.45, 2.75) is 37.7 Å². The Morgan fingerprint density at radius 3 is 2.63 bits per heavy atom. The van der Waals surface area contributed by atoms with Crippen molar-refractivity contribution in [1.82, 2.24) is 10.0 Å². The topological polar surface area (TPSA) is 120 Å². The van der Waals surface area contributed by atoms with Crippen LogP contribution < -0.4 is 19.5 Å². The highest BCUT2D eigenvalue weighted by molar-refractivity contribution is 7.89. The van der Waals surface area contributed by atoms with Gasteiger partial charge < -0.3 is 19.5 Å². The molecule has 0 unspecified atom stereocenters. The number of benzene rings is 1. The van der Waals surface area contributed by atoms with E-state index in [-0.39, 0.29) is 30.2 Å². The largest absolute Gasteiger partial charge is 0.486 e. The molecule has 1 atom stereocenters. The maximum absolute atomic E-state index is 12.3. The predicted octanol–water partition coefficient (Wildman–Crippen LogP) is 0.584. The smallest absolute Gasteiger partial charge is 0.306 e. The molecule has 27 heavy (non-hydrogen) atoms. The first kappa shape index (κ1) is 21.0. The van der Waals surface area contributed by atoms with Crippen molar-refractivity contribution in [3.05, 3.63) is 18.2 Å². The van der Waals surface area contributed by atoms with Crippen molar-refractivity contribution in [3.8, 4) is 11.5 Å². The van der Waals surface area contributed by atoms with Gasteiger partial charge in [0.05, 0.1) is 4.90 Å². The van der Waals surface area contributed by atoms with E-state index in [9.17, 15) is 18.0 Å². The lowest BCUT2D eigenvalue weighted by molar-refractivity contribution is -0.154. The molecule has 1 aromatic carbocycles. The minimum absolute atomic E-state index is 0.00654. The number of esters is 1. The van der Waals surface area contributed by atoms with Gasteiger partial charge in [-0.1, -0.05) is 0 Å². The molecule has 0 saturated carbocycles. The first-order chi connectivity index (χ1) is 12.8. The van der Waals surface area contributed by atoms with Gasteiger partial charge in [-0.3, -0.25) is 9.59 Å². The molecule has 1 aliphatic heterocycles. The van der Waals surface area contributed by atoms with E-state index in [1.165, 1.54) is 19.1 Å². The van der Waals surface area contributed by atoms with Crippen LogP contribution in [0, 0.1) is 0 Å². The summed E-state index contributed by atoms with van der Waals surface area (Å²) in [6, 6.07) is 4.38. The molecule has 0 saturated heterocycles. The summed E-state index contributed by atoms with van der Waals surface area (Å²) in [5.74, 6) is -0.0475. The van der Waals surface area contributed by atoms with Crippen LogP contribution in [-0.4, -0.2) is 52.7 Å². The van der Waals surface area contributed by atoms with Crippen molar-refractivity contribution in [2.75, 3.05) is 26.3 Å². The zero-order valence-corrected chi connectivity index (χ0v) is 16.1. The molecule has 0 aliphatic carbocycles. The van der Waals surface area contributed by atoms with Gasteiger partial charge in [-0.05, 0) is 32.4 Å². The zero-order chi connectivity index (χ0) is 19.9. The highest BCUT2D eigenvalue weighted by Gasteiger charge is 2.20. The molecular weight excluding hydrogens is 376 g/mol. The van der Waals surface area contributed by atoms with Crippen molar-refractivity contribution < 1.29 is 32.2 Å². The average Bonchev–Trinajstić information content (AvgIpc) is 2.65. The third kappa shape index (κ3) is 6.10. The summed E-state index contributed by atoms with van der Waals surface area (Å²) in [5, 5.41) is 2.55. The molecular formula is C17H24N2O7S. The van der Waals surface area contributed by atoms with Gasteiger partial charge in [-0.25, -0.2) is 13.1 Å². The number of sulfonamides is 1. The Labute approximate surface area is 158 Å². The summed E-state index contributed by atoms with van der Waals surface area (Å²) < 4.78 is 42.8. The molecule has 0 radical (unpaired) electrons. The van der Waals surface area contributed by atoms with E-state index < -0.39 is 22.1 Å². The lowest BCUT2D eigenvalue weighted by atomic mass is 10.3. The summed E-state index contributed by atoms with van der Waals surface area (Å²) in [6.45, 7) is 4.53. The molecule has 0 spiro atoms. The van der Waals surface area contributed by atoms with E-state index in [4.69, 9.17) is 14.2 Å². The summed E-state index contributed by atoms with van der Waals surface area (Å²) in [6.07, 6.45) is -0.648. The normalized spacial score (nSPS) is 14.3. The molecule has 0 aromatic heterocycles. The molecule has 150 valence electrons. The Kier molecular flexibility index (Phi) is 7.43. The van der Waals surface area contributed by atoms with Crippen LogP contribution in [0.3, 0.4) is 0 Å². The van der Waals surface area contributed by atoms with E-state index >= 15 is 0 Å². The van der Waals surface area contributed by atoms with E-state index in [1.807, 2.05) is 0 Å². The molecule has 1 heterocycles. The minimum Gasteiger partial charge on any atom is -0.486 e. The van der Waals surface area contributed by atoms with Crippen molar-refractivity contribution in [2.24, 2.45) is 0 Å². The lowest BCUT2D eigenvalue weighted by Crippen LogP contribution is -2.35. The molecule has 1 amide bonds. The molecule has 10 heteroatoms. The fourth-order valence-electron chi connectivity index (χ4n) is 2.34. The van der Waals surface area contributed by atoms with Crippen LogP contribution in [0.25, 0.3) is 0 Å². The Morgan fingerprint density at radius 2 is 1.93 bits per heavy atom. The second-order valence-corrected chi connectivity index (χ2v) is 7.60. The van der Waals surface area contributed by atoms with Crippen LogP contribution in [0.1, 0.15) is 26.7 Å². The van der Waals surface area contributed by atoms with E-state index in [2.05, 4.69) is 10.0 Å². The number of fused-ring (bicyclic) bond motifs is 1. The third-order valence-corrected chi connectivity index (χ3v) is 5.16. The maximum Gasteiger partial charge on any atom is 0.306 e. The molecule has 0 fully saturated rings. The summed E-state index contributed by atoms with van der Waals surface area (Å²) in [7, 11) is -3.74. The van der Waals surface area contributed by atoms with E-state index in [0.29, 0.717) is 31.3 Å². The Balaban J connectivity index is 1.79. The molecule has 1 aromatic rings. The summed E-state index contributed by atoms with van der Waals surface area (Å²) >= 11 is 0. The van der Waals surface area contributed by atoms with Crippen molar-refractivity contribution >= 4 is 21.9 Å². The highest BCUT2D eigenvalue weighted by Crippen LogP contribution is 2.32. The Morgan fingerprint density at radius 1 is 1.22 bits per heavy atom. The van der Waals surface area contributed by atoms with Gasteiger partial charge in [0.2, 0.25) is 10.0 Å². The summed E-state index contributed by atoms with van der Waals surface area (Å²) in [4.78, 5) is 23.3. The lowest BCUT2D eigenvalue weighted by Gasteiger charge is -2.18. The van der Waals surface area contributed by atoms with E-state index in [0.717, 1.165) is 0 Å². The van der Waals surface area contributed by atoms with Crippen LogP contribution >= 0.6 is 0 Å². The van der Waals surface area contributed by atoms with Crippen LogP contribution in [0.4, 0.5) is 0 Å². The van der Waals surface area contributed by atoms with Crippen LogP contribution in [0.15, 0.2) is 23.1 Å². The molecule has 0 bridgehead atoms. The number of hydrogen-bond donors (Lipinski definition) is 2. The van der Waals surface area contributed by atoms with Gasteiger partial charge in [0.1, 0.15) is 13.2 Å². The number of ether oxygens (including phenoxy) is 3. The van der Waals surface area contributed by atoms with Crippen LogP contribution in [-0.2, 0) is 24.3 Å². The second kappa shape index (κ2) is 9.56. The Hall–Kier alpha value is -2.33. The number of hydrogen-bond acceptors (Lipinski definition) is 7. The highest BCUT2D eigenvalue weighted by atomic mass is 32.2. The maximum atomic E-state index is 12.3. The first-order valence-electron chi connectivity index (χ1n) is 8.70. The second-order valence-electron chi connectivity index (χ2n) is 5.83. The summed E-state index contributed by atoms with van der Waals surface area (Å²) in [5.41, 5.74) is 0. The quantitative estimate of drug-likeness (QED) is 0.460. The van der Waals surface area contributed by atoms with Gasteiger partial charge in [0.25, 0.3) is 5.91 Å². The van der Waals surface area contributed by atoms with Gasteiger partial charge in [0, 0.05) is 25.6 Å². The number of nitrogens with one attached hydrogen (secondary N) is 2. The van der Waals surface area contributed by atoms with Crippen molar-refractivity contribution in [3.63, 3.8) is 0 Å². The van der Waals surface area contributed by atoms with Gasteiger partial charge in [-0.15, -0.1) is 0 Å². The molecule has 2 N–H and O–H groups in total. The number of amides is 1. The van der Waals surface area contributed by atoms with Crippen LogP contribution in [0.2, 0.25) is 0 Å². The number of carbonyl (C=O) groups excluding carboxylic acids is 2. The van der Waals surface area contributed by atoms with Gasteiger partial charge >= 0.3 is 5.97 Å². The average molecular weight is 400 g/mol. The molecule has 1 aliphatic rings. The third-order valence-electron chi connectivity index (χ3n) is 3.70. The van der Waals surface area contributed by atoms with E-state index in [1.54, 1.807) is 13.0 Å². The van der Waals surface area contributed by atoms with Crippen LogP contribution in [0.5, 0.6) is 11.5 Å². The Bertz CT molecular complexity index is 779. The minimum atomic E-state index is -3.74. The number of likely N-dealkylation sites (N-methyl/N-ethyl adjacent to an activating group) is 1. The van der Waals surface area contributed by atoms with Gasteiger partial charge in [0.15, 0.2) is 17.6 Å². The monoisotopic (exact) mass is 400 g/mol. The SMILES string of the molecule is CCNC(=O)[C@@H](C)OC(=O)CCCNS(=O)(=O)c1ccc2c(c1)OCCO2. The van der Waals surface area contributed by atoms with Crippen molar-refractivity contribution in [1.29, 1.82) is 0 Å².